The lowest BCUT2D eigenvalue weighted by atomic mass is 10.0. The smallest absolute Gasteiger partial charge is 0.0756 e. The van der Waals surface area contributed by atoms with Crippen LogP contribution in [0, 0.1) is 0 Å². The number of aryl methyl sites for hydroxylation is 1. The summed E-state index contributed by atoms with van der Waals surface area (Å²) in [5, 5.41) is 0. The predicted octanol–water partition coefficient (Wildman–Crippen LogP) is 1.07. The first-order valence-electron chi connectivity index (χ1n) is 5.54. The summed E-state index contributed by atoms with van der Waals surface area (Å²) < 4.78 is 0. The average Bonchev–Trinajstić information content (AvgIpc) is 2.26. The first-order valence-corrected chi connectivity index (χ1v) is 5.54. The third-order valence-electron chi connectivity index (χ3n) is 2.88. The lowest BCUT2D eigenvalue weighted by molar-refractivity contribution is -0.367. The van der Waals surface area contributed by atoms with Gasteiger partial charge >= 0.3 is 0 Å². The fourth-order valence-electron chi connectivity index (χ4n) is 2.15. The SMILES string of the molecule is [NH3+]CCCN1CCCc2ccccc21. The second-order valence-electron chi connectivity index (χ2n) is 3.93. The van der Waals surface area contributed by atoms with Gasteiger partial charge in [-0.3, -0.25) is 0 Å². The summed E-state index contributed by atoms with van der Waals surface area (Å²) in [7, 11) is 0. The number of fused-ring (bicyclic) bond motifs is 1. The highest BCUT2D eigenvalue weighted by Crippen LogP contribution is 2.26. The zero-order valence-electron chi connectivity index (χ0n) is 8.71. The van der Waals surface area contributed by atoms with E-state index in [1.165, 1.54) is 43.6 Å². The molecule has 0 amide bonds. The molecule has 2 rings (SSSR count). The van der Waals surface area contributed by atoms with Crippen LogP contribution in [0.5, 0.6) is 0 Å². The number of para-hydroxylation sites is 1. The van der Waals surface area contributed by atoms with Crippen molar-refractivity contribution in [1.29, 1.82) is 0 Å². The van der Waals surface area contributed by atoms with Crippen LogP contribution in [0.2, 0.25) is 0 Å². The molecule has 1 aromatic rings. The van der Waals surface area contributed by atoms with E-state index in [1.807, 2.05) is 0 Å². The molecule has 1 aromatic carbocycles. The van der Waals surface area contributed by atoms with E-state index < -0.39 is 0 Å². The molecular formula is C12H19N2+. The molecule has 0 bridgehead atoms. The first-order chi connectivity index (χ1) is 6.92. The first kappa shape index (κ1) is 9.53. The van der Waals surface area contributed by atoms with E-state index in [0.717, 1.165) is 6.54 Å². The van der Waals surface area contributed by atoms with Crippen LogP contribution < -0.4 is 10.6 Å². The van der Waals surface area contributed by atoms with Gasteiger partial charge in [-0.25, -0.2) is 0 Å². The predicted molar refractivity (Wildman–Crippen MR) is 59.3 cm³/mol. The van der Waals surface area contributed by atoms with Crippen LogP contribution in [0.3, 0.4) is 0 Å². The standard InChI is InChI=1S/C12H18N2/c13-8-4-10-14-9-3-6-11-5-1-2-7-12(11)14/h1-2,5,7H,3-4,6,8-10,13H2/p+1. The van der Waals surface area contributed by atoms with Crippen LogP contribution >= 0.6 is 0 Å². The van der Waals surface area contributed by atoms with E-state index >= 15 is 0 Å². The minimum absolute atomic E-state index is 1.04. The molecule has 2 heteroatoms. The molecule has 0 atom stereocenters. The number of quaternary nitrogens is 1. The Morgan fingerprint density at radius 3 is 3.00 bits per heavy atom. The van der Waals surface area contributed by atoms with Crippen molar-refractivity contribution in [3.8, 4) is 0 Å². The average molecular weight is 191 g/mol. The van der Waals surface area contributed by atoms with E-state index in [-0.39, 0.29) is 0 Å². The summed E-state index contributed by atoms with van der Waals surface area (Å²) in [6, 6.07) is 8.79. The molecule has 3 N–H and O–H groups in total. The highest BCUT2D eigenvalue weighted by molar-refractivity contribution is 5.55. The summed E-state index contributed by atoms with van der Waals surface area (Å²) in [6.07, 6.45) is 3.75. The zero-order chi connectivity index (χ0) is 9.80. The molecule has 0 aromatic heterocycles. The van der Waals surface area contributed by atoms with Crippen molar-refractivity contribution in [3.05, 3.63) is 29.8 Å². The molecule has 0 unspecified atom stereocenters. The maximum atomic E-state index is 3.90. The Balaban J connectivity index is 2.14. The maximum Gasteiger partial charge on any atom is 0.0756 e. The van der Waals surface area contributed by atoms with Crippen molar-refractivity contribution >= 4 is 5.69 Å². The van der Waals surface area contributed by atoms with E-state index in [9.17, 15) is 0 Å². The van der Waals surface area contributed by atoms with Gasteiger partial charge in [-0.2, -0.15) is 0 Å². The van der Waals surface area contributed by atoms with Gasteiger partial charge in [0, 0.05) is 25.2 Å². The van der Waals surface area contributed by atoms with Gasteiger partial charge in [-0.1, -0.05) is 18.2 Å². The van der Waals surface area contributed by atoms with Crippen molar-refractivity contribution in [2.24, 2.45) is 0 Å². The minimum atomic E-state index is 1.04. The van der Waals surface area contributed by atoms with Gasteiger partial charge in [0.05, 0.1) is 6.54 Å². The van der Waals surface area contributed by atoms with Crippen molar-refractivity contribution in [2.75, 3.05) is 24.5 Å². The number of hydrogen-bond acceptors (Lipinski definition) is 1. The third kappa shape index (κ3) is 1.90. The Bertz CT molecular complexity index is 296. The molecule has 0 saturated carbocycles. The second-order valence-corrected chi connectivity index (χ2v) is 3.93. The highest BCUT2D eigenvalue weighted by atomic mass is 15.1. The molecule has 0 spiro atoms. The molecule has 0 fully saturated rings. The molecule has 0 saturated heterocycles. The molecule has 76 valence electrons. The van der Waals surface area contributed by atoms with Gasteiger partial charge in [0.1, 0.15) is 0 Å². The van der Waals surface area contributed by atoms with Crippen LogP contribution in [-0.2, 0) is 6.42 Å². The molecule has 1 aliphatic rings. The number of benzene rings is 1. The topological polar surface area (TPSA) is 30.9 Å². The lowest BCUT2D eigenvalue weighted by Crippen LogP contribution is -2.51. The van der Waals surface area contributed by atoms with Crippen molar-refractivity contribution < 1.29 is 5.73 Å². The van der Waals surface area contributed by atoms with Crippen molar-refractivity contribution in [3.63, 3.8) is 0 Å². The second kappa shape index (κ2) is 4.47. The molecular weight excluding hydrogens is 172 g/mol. The monoisotopic (exact) mass is 191 g/mol. The summed E-state index contributed by atoms with van der Waals surface area (Å²) in [4.78, 5) is 2.50. The summed E-state index contributed by atoms with van der Waals surface area (Å²) in [5.74, 6) is 0. The maximum absolute atomic E-state index is 3.90. The Labute approximate surface area is 85.7 Å². The van der Waals surface area contributed by atoms with Gasteiger partial charge in [-0.15, -0.1) is 0 Å². The van der Waals surface area contributed by atoms with E-state index in [1.54, 1.807) is 0 Å². The van der Waals surface area contributed by atoms with Crippen molar-refractivity contribution in [1.82, 2.24) is 0 Å². The van der Waals surface area contributed by atoms with Crippen LogP contribution in [0.1, 0.15) is 18.4 Å². The van der Waals surface area contributed by atoms with Crippen LogP contribution in [0.4, 0.5) is 5.69 Å². The van der Waals surface area contributed by atoms with E-state index in [0.29, 0.717) is 0 Å². The Morgan fingerprint density at radius 1 is 1.29 bits per heavy atom. The number of anilines is 1. The van der Waals surface area contributed by atoms with Crippen LogP contribution in [0.15, 0.2) is 24.3 Å². The third-order valence-corrected chi connectivity index (χ3v) is 2.88. The number of nitrogens with zero attached hydrogens (tertiary/aromatic N) is 1. The van der Waals surface area contributed by atoms with Crippen molar-refractivity contribution in [2.45, 2.75) is 19.3 Å². The quantitative estimate of drug-likeness (QED) is 0.761. The molecule has 0 radical (unpaired) electrons. The fourth-order valence-corrected chi connectivity index (χ4v) is 2.15. The van der Waals surface area contributed by atoms with E-state index in [4.69, 9.17) is 0 Å². The molecule has 2 nitrogen and oxygen atoms in total. The zero-order valence-corrected chi connectivity index (χ0v) is 8.71. The molecule has 0 aliphatic carbocycles. The van der Waals surface area contributed by atoms with Gasteiger partial charge in [0.15, 0.2) is 0 Å². The highest BCUT2D eigenvalue weighted by Gasteiger charge is 2.14. The van der Waals surface area contributed by atoms with E-state index in [2.05, 4.69) is 34.9 Å². The van der Waals surface area contributed by atoms with Crippen LogP contribution in [-0.4, -0.2) is 19.6 Å². The Kier molecular flexibility index (Phi) is 3.04. The molecule has 14 heavy (non-hydrogen) atoms. The molecule has 1 aliphatic heterocycles. The fraction of sp³-hybridized carbons (Fsp3) is 0.500. The molecule has 1 heterocycles. The Hall–Kier alpha value is -1.02. The van der Waals surface area contributed by atoms with Gasteiger partial charge in [0.25, 0.3) is 0 Å². The largest absolute Gasteiger partial charge is 0.371 e. The van der Waals surface area contributed by atoms with Gasteiger partial charge in [-0.05, 0) is 24.5 Å². The number of rotatable bonds is 3. The summed E-state index contributed by atoms with van der Waals surface area (Å²) in [6.45, 7) is 3.43. The normalized spacial score (nSPS) is 15.4. The van der Waals surface area contributed by atoms with Gasteiger partial charge < -0.3 is 10.6 Å². The minimum Gasteiger partial charge on any atom is -0.371 e. The number of hydrogen-bond donors (Lipinski definition) is 1. The summed E-state index contributed by atoms with van der Waals surface area (Å²) in [5.41, 5.74) is 6.87. The summed E-state index contributed by atoms with van der Waals surface area (Å²) >= 11 is 0. The van der Waals surface area contributed by atoms with Gasteiger partial charge in [0.2, 0.25) is 0 Å². The Morgan fingerprint density at radius 2 is 2.14 bits per heavy atom. The lowest BCUT2D eigenvalue weighted by Gasteiger charge is -2.30. The van der Waals surface area contributed by atoms with Crippen LogP contribution in [0.25, 0.3) is 0 Å².